The summed E-state index contributed by atoms with van der Waals surface area (Å²) in [5, 5.41) is 0. The second-order valence-electron chi connectivity index (χ2n) is 12.7. The summed E-state index contributed by atoms with van der Waals surface area (Å²) in [5.41, 5.74) is 3.57. The summed E-state index contributed by atoms with van der Waals surface area (Å²) in [6.07, 6.45) is 0. The fourth-order valence-corrected chi connectivity index (χ4v) is 6.20. The number of aryl methyl sites for hydroxylation is 1. The smallest absolute Gasteiger partial charge is 0.240 e. The van der Waals surface area contributed by atoms with Gasteiger partial charge in [-0.05, 0) is 73.2 Å². The van der Waals surface area contributed by atoms with Crippen LogP contribution in [-0.4, -0.2) is 23.6 Å². The number of hydrogen-bond acceptors (Lipinski definition) is 7. The third-order valence-corrected chi connectivity index (χ3v) is 8.82. The van der Waals surface area contributed by atoms with E-state index in [-0.39, 0.29) is 77.4 Å². The number of amides is 4. The van der Waals surface area contributed by atoms with Gasteiger partial charge in [-0.15, -0.1) is 12.1 Å². The van der Waals surface area contributed by atoms with Crippen LogP contribution in [0.4, 0.5) is 11.4 Å². The summed E-state index contributed by atoms with van der Waals surface area (Å²) >= 11 is 0. The van der Waals surface area contributed by atoms with Crippen molar-refractivity contribution >= 4 is 35.0 Å². The summed E-state index contributed by atoms with van der Waals surface area (Å²) in [5.74, 6) is 2.38. The molecule has 0 N–H and O–H groups in total. The molecule has 2 heterocycles. The first kappa shape index (κ1) is 41.6. The van der Waals surface area contributed by atoms with Gasteiger partial charge in [-0.25, -0.2) is 0 Å². The molecule has 0 aromatic heterocycles. The van der Waals surface area contributed by atoms with Crippen LogP contribution in [0.2, 0.25) is 0 Å². The number of imide groups is 2. The maximum absolute atomic E-state index is 12.8. The minimum atomic E-state index is -0.368. The van der Waals surface area contributed by atoms with Crippen molar-refractivity contribution in [3.63, 3.8) is 0 Å². The maximum Gasteiger partial charge on any atom is 0.240 e. The van der Waals surface area contributed by atoms with Crippen molar-refractivity contribution in [3.05, 3.63) is 204 Å². The van der Waals surface area contributed by atoms with E-state index in [2.05, 4.69) is 18.2 Å². The van der Waals surface area contributed by atoms with Crippen LogP contribution >= 0.6 is 0 Å². The molecule has 0 spiro atoms. The summed E-state index contributed by atoms with van der Waals surface area (Å²) in [4.78, 5) is 52.7. The van der Waals surface area contributed by atoms with Gasteiger partial charge in [0.15, 0.2) is 0 Å². The molecular formula is C47H29N2O7WY-3. The Morgan fingerprint density at radius 2 is 0.845 bits per heavy atom. The molecule has 0 aliphatic carbocycles. The van der Waals surface area contributed by atoms with Crippen molar-refractivity contribution < 1.29 is 87.2 Å². The van der Waals surface area contributed by atoms with E-state index in [0.717, 1.165) is 16.2 Å². The standard InChI is InChI=1S/C27H18NO4.C20H11NO3.W.Y/c1-18-7-4-9-20(15-18)31-22-11-6-12-23(17-22)32-21-10-5-8-19(16-21)28-26(29)24-13-2-3-14-25(24)27(28)30;22-19-17-8-4-5-9-18(17)20(23)21(19)14-10-12-16(13-11-14)24-15-6-2-1-3-7-15;;/h2,4-17H,1H3;2-4,6-13H;;/q-1;-2;;. The van der Waals surface area contributed by atoms with Crippen LogP contribution in [0.1, 0.15) is 47.0 Å². The zero-order valence-electron chi connectivity index (χ0n) is 30.7. The van der Waals surface area contributed by atoms with Gasteiger partial charge in [-0.1, -0.05) is 46.5 Å². The molecule has 9 nitrogen and oxygen atoms in total. The molecule has 2 aliphatic heterocycles. The van der Waals surface area contributed by atoms with Gasteiger partial charge in [0.25, 0.3) is 0 Å². The largest absolute Gasteiger partial charge is 0.483 e. The molecule has 7 aromatic rings. The van der Waals surface area contributed by atoms with E-state index in [0.29, 0.717) is 62.4 Å². The molecule has 4 amide bonds. The van der Waals surface area contributed by atoms with Gasteiger partial charge in [0.05, 0.1) is 11.4 Å². The summed E-state index contributed by atoms with van der Waals surface area (Å²) < 4.78 is 17.6. The van der Waals surface area contributed by atoms with Crippen LogP contribution in [0, 0.1) is 25.1 Å². The SMILES string of the molecule is Cc1cccc(Oc2cccc(Oc3cccc(N4C(=O)c5c[c-]ccc5C4=O)c3)c2)c1.O=C1c2c[c-]ccc2C(=O)N1c1ccc(Oc2cc[c-]cc2)cc1.[W].[Y]. The van der Waals surface area contributed by atoms with E-state index in [4.69, 9.17) is 14.2 Å². The van der Waals surface area contributed by atoms with E-state index in [9.17, 15) is 19.2 Å². The molecular weight excluding hydrogens is 977 g/mol. The molecule has 0 unspecified atom stereocenters. The summed E-state index contributed by atoms with van der Waals surface area (Å²) in [6.45, 7) is 2.01. The van der Waals surface area contributed by atoms with Crippen molar-refractivity contribution in [2.45, 2.75) is 6.92 Å². The van der Waals surface area contributed by atoms with Crippen molar-refractivity contribution in [2.75, 3.05) is 9.80 Å². The zero-order chi connectivity index (χ0) is 38.6. The third kappa shape index (κ3) is 8.93. The Hall–Kier alpha value is -5.99. The third-order valence-electron chi connectivity index (χ3n) is 8.82. The topological polar surface area (TPSA) is 102 Å². The first-order valence-electron chi connectivity index (χ1n) is 17.5. The number of hydrogen-bond donors (Lipinski definition) is 0. The predicted octanol–water partition coefficient (Wildman–Crippen LogP) is 10.1. The molecule has 2 aliphatic rings. The summed E-state index contributed by atoms with van der Waals surface area (Å²) in [7, 11) is 0. The molecule has 7 aromatic carbocycles. The average Bonchev–Trinajstić information content (AvgIpc) is 3.63. The van der Waals surface area contributed by atoms with Crippen molar-refractivity contribution in [2.24, 2.45) is 0 Å². The second kappa shape index (κ2) is 18.5. The first-order chi connectivity index (χ1) is 27.3. The zero-order valence-corrected chi connectivity index (χ0v) is 36.5. The average molecular weight is 1010 g/mol. The van der Waals surface area contributed by atoms with Gasteiger partial charge < -0.3 is 14.2 Å². The quantitative estimate of drug-likeness (QED) is 0.110. The van der Waals surface area contributed by atoms with Crippen LogP contribution in [0.15, 0.2) is 158 Å². The molecule has 0 saturated heterocycles. The van der Waals surface area contributed by atoms with Gasteiger partial charge in [0, 0.05) is 71.7 Å². The summed E-state index contributed by atoms with van der Waals surface area (Å²) in [6, 6.07) is 54.1. The van der Waals surface area contributed by atoms with E-state index in [1.165, 1.54) is 11.0 Å². The monoisotopic (exact) mass is 1010 g/mol. The molecule has 0 fully saturated rings. The molecule has 281 valence electrons. The Kier molecular flexibility index (Phi) is 13.3. The minimum Gasteiger partial charge on any atom is -0.483 e. The first-order valence-corrected chi connectivity index (χ1v) is 17.5. The molecule has 9 rings (SSSR count). The number of carbonyl (C=O) groups excluding carboxylic acids is 4. The minimum absolute atomic E-state index is 0. The number of carbonyl (C=O) groups is 4. The fourth-order valence-electron chi connectivity index (χ4n) is 6.20. The molecule has 0 bridgehead atoms. The van der Waals surface area contributed by atoms with E-state index < -0.39 is 0 Å². The number of fused-ring (bicyclic) bond motifs is 2. The predicted molar refractivity (Wildman–Crippen MR) is 209 cm³/mol. The number of nitrogens with zero attached hydrogens (tertiary/aromatic N) is 2. The molecule has 0 atom stereocenters. The van der Waals surface area contributed by atoms with Gasteiger partial charge in [0.2, 0.25) is 23.6 Å². The Balaban J connectivity index is 0.000000196. The molecule has 11 heteroatoms. The Bertz CT molecular complexity index is 2570. The Morgan fingerprint density at radius 1 is 0.414 bits per heavy atom. The van der Waals surface area contributed by atoms with Crippen LogP contribution in [0.25, 0.3) is 0 Å². The van der Waals surface area contributed by atoms with Crippen molar-refractivity contribution in [1.82, 2.24) is 0 Å². The maximum atomic E-state index is 12.8. The molecule has 58 heavy (non-hydrogen) atoms. The fraction of sp³-hybridized carbons (Fsp3) is 0.0213. The van der Waals surface area contributed by atoms with E-state index in [1.54, 1.807) is 109 Å². The van der Waals surface area contributed by atoms with Crippen LogP contribution in [-0.2, 0) is 53.8 Å². The second-order valence-corrected chi connectivity index (χ2v) is 12.7. The number of rotatable bonds is 8. The van der Waals surface area contributed by atoms with Crippen LogP contribution in [0.5, 0.6) is 34.5 Å². The number of ether oxygens (including phenoxy) is 3. The van der Waals surface area contributed by atoms with Crippen LogP contribution in [0.3, 0.4) is 0 Å². The number of benzene rings is 7. The van der Waals surface area contributed by atoms with E-state index >= 15 is 0 Å². The normalized spacial score (nSPS) is 12.4. The van der Waals surface area contributed by atoms with Gasteiger partial charge in [-0.3, -0.25) is 29.0 Å². The van der Waals surface area contributed by atoms with E-state index in [1.807, 2.05) is 49.4 Å². The van der Waals surface area contributed by atoms with Gasteiger partial charge in [0.1, 0.15) is 28.7 Å². The van der Waals surface area contributed by atoms with Gasteiger partial charge >= 0.3 is 0 Å². The number of anilines is 2. The Labute approximate surface area is 374 Å². The Morgan fingerprint density at radius 3 is 1.40 bits per heavy atom. The van der Waals surface area contributed by atoms with Crippen molar-refractivity contribution in [3.8, 4) is 34.5 Å². The molecule has 1 radical (unpaired) electrons. The van der Waals surface area contributed by atoms with Crippen LogP contribution < -0.4 is 24.0 Å². The van der Waals surface area contributed by atoms with Crippen molar-refractivity contribution in [1.29, 1.82) is 0 Å². The van der Waals surface area contributed by atoms with Gasteiger partial charge in [-0.2, -0.15) is 66.7 Å². The molecule has 0 saturated carbocycles.